The highest BCUT2D eigenvalue weighted by Gasteiger charge is 2.20. The first-order chi connectivity index (χ1) is 10.1. The summed E-state index contributed by atoms with van der Waals surface area (Å²) in [6.45, 7) is 0. The van der Waals surface area contributed by atoms with Crippen LogP contribution in [-0.2, 0) is 9.53 Å². The Labute approximate surface area is 130 Å². The van der Waals surface area contributed by atoms with Gasteiger partial charge in [0.05, 0.1) is 31.4 Å². The zero-order chi connectivity index (χ0) is 15.2. The van der Waals surface area contributed by atoms with Gasteiger partial charge in [0, 0.05) is 4.47 Å². The van der Waals surface area contributed by atoms with Gasteiger partial charge in [-0.05, 0) is 23.8 Å². The third kappa shape index (κ3) is 4.19. The molecule has 0 spiro atoms. The van der Waals surface area contributed by atoms with Crippen molar-refractivity contribution in [3.63, 3.8) is 0 Å². The molecule has 1 atom stereocenters. The quantitative estimate of drug-likeness (QED) is 0.840. The third-order valence-corrected chi connectivity index (χ3v) is 3.49. The maximum atomic E-state index is 12.1. The average molecular weight is 352 g/mol. The first-order valence-electron chi connectivity index (χ1n) is 6.25. The van der Waals surface area contributed by atoms with Crippen LogP contribution in [0.2, 0.25) is 0 Å². The zero-order valence-electron chi connectivity index (χ0n) is 11.3. The molecule has 0 aliphatic carbocycles. The van der Waals surface area contributed by atoms with E-state index in [9.17, 15) is 9.59 Å². The van der Waals surface area contributed by atoms with Gasteiger partial charge in [-0.3, -0.25) is 9.59 Å². The highest BCUT2D eigenvalue weighted by molar-refractivity contribution is 9.10. The molecule has 1 aromatic heterocycles. The van der Waals surface area contributed by atoms with Crippen molar-refractivity contribution in [1.29, 1.82) is 0 Å². The molecule has 1 heterocycles. The molecule has 1 aromatic carbocycles. The number of furan rings is 1. The summed E-state index contributed by atoms with van der Waals surface area (Å²) in [6.07, 6.45) is 2.83. The van der Waals surface area contributed by atoms with Crippen molar-refractivity contribution >= 4 is 27.8 Å². The lowest BCUT2D eigenvalue weighted by Crippen LogP contribution is -2.30. The molecule has 0 saturated carbocycles. The zero-order valence-corrected chi connectivity index (χ0v) is 12.9. The van der Waals surface area contributed by atoms with E-state index in [4.69, 9.17) is 4.42 Å². The normalized spacial score (nSPS) is 11.7. The highest BCUT2D eigenvalue weighted by Crippen LogP contribution is 2.21. The molecule has 0 aliphatic heterocycles. The molecule has 0 aliphatic rings. The van der Waals surface area contributed by atoms with Gasteiger partial charge in [-0.2, -0.15) is 0 Å². The van der Waals surface area contributed by atoms with Crippen LogP contribution in [0, 0.1) is 0 Å². The Bertz CT molecular complexity index is 607. The lowest BCUT2D eigenvalue weighted by molar-refractivity contribution is -0.141. The van der Waals surface area contributed by atoms with Crippen molar-refractivity contribution in [2.45, 2.75) is 12.5 Å². The third-order valence-electron chi connectivity index (χ3n) is 2.96. The van der Waals surface area contributed by atoms with Crippen molar-refractivity contribution in [3.05, 3.63) is 58.5 Å². The second-order valence-corrected chi connectivity index (χ2v) is 5.29. The Morgan fingerprint density at radius 2 is 2.00 bits per heavy atom. The van der Waals surface area contributed by atoms with E-state index < -0.39 is 12.0 Å². The van der Waals surface area contributed by atoms with Crippen molar-refractivity contribution in [1.82, 2.24) is 5.32 Å². The SMILES string of the molecule is COC(=O)C[C@H](NC(=O)c1ccoc1)c1ccc(Br)cc1. The van der Waals surface area contributed by atoms with Crippen molar-refractivity contribution in [2.24, 2.45) is 0 Å². The molecule has 5 nitrogen and oxygen atoms in total. The van der Waals surface area contributed by atoms with Crippen LogP contribution in [0.5, 0.6) is 0 Å². The summed E-state index contributed by atoms with van der Waals surface area (Å²) in [5, 5.41) is 2.81. The molecule has 0 bridgehead atoms. The number of hydrogen-bond donors (Lipinski definition) is 1. The van der Waals surface area contributed by atoms with Crippen LogP contribution >= 0.6 is 15.9 Å². The molecule has 6 heteroatoms. The van der Waals surface area contributed by atoms with Crippen LogP contribution in [0.25, 0.3) is 0 Å². The van der Waals surface area contributed by atoms with Crippen molar-refractivity contribution < 1.29 is 18.7 Å². The van der Waals surface area contributed by atoms with Crippen LogP contribution in [0.4, 0.5) is 0 Å². The lowest BCUT2D eigenvalue weighted by Gasteiger charge is -2.18. The number of rotatable bonds is 5. The van der Waals surface area contributed by atoms with Gasteiger partial charge in [0.25, 0.3) is 5.91 Å². The first-order valence-corrected chi connectivity index (χ1v) is 7.05. The Hall–Kier alpha value is -2.08. The summed E-state index contributed by atoms with van der Waals surface area (Å²) < 4.78 is 10.5. The highest BCUT2D eigenvalue weighted by atomic mass is 79.9. The van der Waals surface area contributed by atoms with E-state index in [1.165, 1.54) is 19.6 Å². The van der Waals surface area contributed by atoms with Crippen LogP contribution in [-0.4, -0.2) is 19.0 Å². The van der Waals surface area contributed by atoms with E-state index in [1.807, 2.05) is 24.3 Å². The summed E-state index contributed by atoms with van der Waals surface area (Å²) in [6, 6.07) is 8.48. The standard InChI is InChI=1S/C15H14BrNO4/c1-20-14(18)8-13(10-2-4-12(16)5-3-10)17-15(19)11-6-7-21-9-11/h2-7,9,13H,8H2,1H3,(H,17,19)/t13-/m0/s1. The molecule has 21 heavy (non-hydrogen) atoms. The molecular formula is C15H14BrNO4. The van der Waals surface area contributed by atoms with E-state index in [2.05, 4.69) is 26.0 Å². The van der Waals surface area contributed by atoms with Crippen molar-refractivity contribution in [2.75, 3.05) is 7.11 Å². The average Bonchev–Trinajstić information content (AvgIpc) is 3.01. The molecule has 0 radical (unpaired) electrons. The largest absolute Gasteiger partial charge is 0.472 e. The van der Waals surface area contributed by atoms with E-state index in [0.29, 0.717) is 5.56 Å². The lowest BCUT2D eigenvalue weighted by atomic mass is 10.0. The molecule has 0 saturated heterocycles. The fraction of sp³-hybridized carbons (Fsp3) is 0.200. The van der Waals surface area contributed by atoms with Gasteiger partial charge in [0.15, 0.2) is 0 Å². The molecular weight excluding hydrogens is 338 g/mol. The Morgan fingerprint density at radius 1 is 1.29 bits per heavy atom. The fourth-order valence-corrected chi connectivity index (χ4v) is 2.10. The monoisotopic (exact) mass is 351 g/mol. The summed E-state index contributed by atoms with van der Waals surface area (Å²) in [7, 11) is 1.32. The van der Waals surface area contributed by atoms with Gasteiger partial charge in [-0.15, -0.1) is 0 Å². The Morgan fingerprint density at radius 3 is 2.57 bits per heavy atom. The molecule has 0 fully saturated rings. The number of carbonyl (C=O) groups excluding carboxylic acids is 2. The molecule has 1 N–H and O–H groups in total. The van der Waals surface area contributed by atoms with Gasteiger partial charge in [0.1, 0.15) is 6.26 Å². The van der Waals surface area contributed by atoms with Gasteiger partial charge in [0.2, 0.25) is 0 Å². The summed E-state index contributed by atoms with van der Waals surface area (Å²) in [4.78, 5) is 23.6. The first kappa shape index (κ1) is 15.3. The van der Waals surface area contributed by atoms with Crippen LogP contribution in [0.3, 0.4) is 0 Å². The Kier molecular flexibility index (Phi) is 5.16. The molecule has 1 amide bonds. The van der Waals surface area contributed by atoms with Crippen LogP contribution in [0.1, 0.15) is 28.4 Å². The van der Waals surface area contributed by atoms with Crippen molar-refractivity contribution in [3.8, 4) is 0 Å². The minimum absolute atomic E-state index is 0.0573. The number of methoxy groups -OCH3 is 1. The van der Waals surface area contributed by atoms with Gasteiger partial charge in [-0.25, -0.2) is 0 Å². The fourth-order valence-electron chi connectivity index (χ4n) is 1.83. The molecule has 0 unspecified atom stereocenters. The molecule has 2 aromatic rings. The van der Waals surface area contributed by atoms with E-state index in [0.717, 1.165) is 10.0 Å². The number of benzene rings is 1. The minimum atomic E-state index is -0.465. The number of esters is 1. The molecule has 110 valence electrons. The second kappa shape index (κ2) is 7.08. The molecule has 2 rings (SSSR count). The summed E-state index contributed by atoms with van der Waals surface area (Å²) in [5.74, 6) is -0.698. The van der Waals surface area contributed by atoms with Gasteiger partial charge < -0.3 is 14.5 Å². The number of hydrogen-bond acceptors (Lipinski definition) is 4. The summed E-state index contributed by atoms with van der Waals surface area (Å²) >= 11 is 3.35. The minimum Gasteiger partial charge on any atom is -0.472 e. The number of ether oxygens (including phenoxy) is 1. The maximum absolute atomic E-state index is 12.1. The smallest absolute Gasteiger partial charge is 0.307 e. The maximum Gasteiger partial charge on any atom is 0.307 e. The second-order valence-electron chi connectivity index (χ2n) is 4.37. The van der Waals surface area contributed by atoms with E-state index >= 15 is 0 Å². The Balaban J connectivity index is 2.17. The van der Waals surface area contributed by atoms with Crippen LogP contribution in [0.15, 0.2) is 51.7 Å². The van der Waals surface area contributed by atoms with Crippen LogP contribution < -0.4 is 5.32 Å². The number of carbonyl (C=O) groups is 2. The predicted molar refractivity (Wildman–Crippen MR) is 79.7 cm³/mol. The number of amides is 1. The van der Waals surface area contributed by atoms with Gasteiger partial charge >= 0.3 is 5.97 Å². The van der Waals surface area contributed by atoms with E-state index in [-0.39, 0.29) is 12.3 Å². The summed E-state index contributed by atoms with van der Waals surface area (Å²) in [5.41, 5.74) is 1.22. The number of nitrogens with one attached hydrogen (secondary N) is 1. The topological polar surface area (TPSA) is 68.5 Å². The van der Waals surface area contributed by atoms with Gasteiger partial charge in [-0.1, -0.05) is 28.1 Å². The number of halogens is 1. The predicted octanol–water partition coefficient (Wildman–Crippen LogP) is 3.08. The van der Waals surface area contributed by atoms with E-state index in [1.54, 1.807) is 6.07 Å².